The van der Waals surface area contributed by atoms with Crippen molar-refractivity contribution >= 4 is 17.4 Å². The number of ether oxygens (including phenoxy) is 2. The van der Waals surface area contributed by atoms with Gasteiger partial charge in [-0.2, -0.15) is 0 Å². The van der Waals surface area contributed by atoms with Crippen molar-refractivity contribution < 1.29 is 19.1 Å². The summed E-state index contributed by atoms with van der Waals surface area (Å²) in [6.45, 7) is 0. The number of allylic oxidation sites excluding steroid dienone is 2. The van der Waals surface area contributed by atoms with Crippen LogP contribution in [0.15, 0.2) is 59.8 Å². The van der Waals surface area contributed by atoms with Gasteiger partial charge in [0.2, 0.25) is 5.91 Å². The molecule has 0 saturated carbocycles. The molecule has 5 nitrogen and oxygen atoms in total. The van der Waals surface area contributed by atoms with Crippen molar-refractivity contribution in [1.29, 1.82) is 0 Å². The minimum atomic E-state index is -0.319. The summed E-state index contributed by atoms with van der Waals surface area (Å²) in [6.07, 6.45) is 2.21. The van der Waals surface area contributed by atoms with Crippen LogP contribution < -0.4 is 14.4 Å². The quantitative estimate of drug-likeness (QED) is 0.800. The molecule has 0 N–H and O–H groups in total. The molecule has 144 valence electrons. The fourth-order valence-corrected chi connectivity index (χ4v) is 4.25. The number of hydrogen-bond donors (Lipinski definition) is 0. The first-order valence-electron chi connectivity index (χ1n) is 9.50. The number of carbonyl (C=O) groups is 2. The van der Waals surface area contributed by atoms with Crippen LogP contribution in [-0.4, -0.2) is 25.9 Å². The molecule has 1 amide bonds. The number of anilines is 1. The number of nitrogens with zero attached hydrogens (tertiary/aromatic N) is 1. The topological polar surface area (TPSA) is 55.8 Å². The summed E-state index contributed by atoms with van der Waals surface area (Å²) < 4.78 is 10.9. The molecule has 0 bridgehead atoms. The van der Waals surface area contributed by atoms with E-state index in [1.165, 1.54) is 0 Å². The van der Waals surface area contributed by atoms with E-state index < -0.39 is 0 Å². The molecule has 0 radical (unpaired) electrons. The second-order valence-corrected chi connectivity index (χ2v) is 7.07. The smallest absolute Gasteiger partial charge is 0.232 e. The van der Waals surface area contributed by atoms with Crippen molar-refractivity contribution in [2.24, 2.45) is 0 Å². The minimum Gasteiger partial charge on any atom is -0.497 e. The number of ketones is 1. The lowest BCUT2D eigenvalue weighted by Crippen LogP contribution is -2.40. The van der Waals surface area contributed by atoms with E-state index >= 15 is 0 Å². The molecule has 2 aromatic rings. The molecular weight excluding hydrogens is 354 g/mol. The Bertz CT molecular complexity index is 948. The van der Waals surface area contributed by atoms with Gasteiger partial charge in [0.1, 0.15) is 11.5 Å². The van der Waals surface area contributed by atoms with E-state index in [1.54, 1.807) is 19.1 Å². The van der Waals surface area contributed by atoms with E-state index in [-0.39, 0.29) is 24.0 Å². The number of methoxy groups -OCH3 is 2. The van der Waals surface area contributed by atoms with Crippen LogP contribution >= 0.6 is 0 Å². The van der Waals surface area contributed by atoms with Gasteiger partial charge in [0.25, 0.3) is 0 Å². The van der Waals surface area contributed by atoms with Crippen LogP contribution in [0.1, 0.15) is 37.2 Å². The second kappa shape index (κ2) is 7.50. The summed E-state index contributed by atoms with van der Waals surface area (Å²) >= 11 is 0. The average Bonchev–Trinajstić information content (AvgIpc) is 2.73. The standard InChI is InChI=1S/C23H23NO4/c1-27-16-11-12-21(28-2)17(13-16)18-14-22(26)24(15-7-4-3-5-8-15)19-9-6-10-20(25)23(18)19/h3-5,7-8,11-13,18H,6,9-10,14H2,1-2H3/t18-/m0/s1. The SMILES string of the molecule is COc1ccc(OC)c([C@@H]2CC(=O)N(c3ccccc3)C3=C2C(=O)CCC3)c1. The lowest BCUT2D eigenvalue weighted by atomic mass is 9.76. The Morgan fingerprint density at radius 2 is 1.75 bits per heavy atom. The van der Waals surface area contributed by atoms with E-state index in [1.807, 2.05) is 48.5 Å². The molecule has 2 aromatic carbocycles. The van der Waals surface area contributed by atoms with Gasteiger partial charge >= 0.3 is 0 Å². The Morgan fingerprint density at radius 1 is 0.964 bits per heavy atom. The molecule has 4 rings (SSSR count). The first-order chi connectivity index (χ1) is 13.6. The van der Waals surface area contributed by atoms with Crippen molar-refractivity contribution in [2.45, 2.75) is 31.6 Å². The predicted molar refractivity (Wildman–Crippen MR) is 107 cm³/mol. The third kappa shape index (κ3) is 3.07. The number of para-hydroxylation sites is 1. The first-order valence-corrected chi connectivity index (χ1v) is 9.50. The van der Waals surface area contributed by atoms with Crippen LogP contribution in [0.4, 0.5) is 5.69 Å². The molecule has 0 unspecified atom stereocenters. The zero-order chi connectivity index (χ0) is 19.7. The van der Waals surface area contributed by atoms with Crippen molar-refractivity contribution in [1.82, 2.24) is 0 Å². The monoisotopic (exact) mass is 377 g/mol. The molecule has 1 atom stereocenters. The fourth-order valence-electron chi connectivity index (χ4n) is 4.25. The van der Waals surface area contributed by atoms with Crippen molar-refractivity contribution in [3.05, 3.63) is 65.4 Å². The van der Waals surface area contributed by atoms with E-state index in [0.29, 0.717) is 24.3 Å². The number of Topliss-reactive ketones (excluding diaryl/α,β-unsaturated/α-hetero) is 1. The molecular formula is C23H23NO4. The van der Waals surface area contributed by atoms with Crippen molar-refractivity contribution in [3.8, 4) is 11.5 Å². The first kappa shape index (κ1) is 18.3. The van der Waals surface area contributed by atoms with Gasteiger partial charge in [-0.05, 0) is 43.2 Å². The molecule has 0 fully saturated rings. The third-order valence-electron chi connectivity index (χ3n) is 5.50. The van der Waals surface area contributed by atoms with Crippen LogP contribution in [0.2, 0.25) is 0 Å². The summed E-state index contributed by atoms with van der Waals surface area (Å²) in [5, 5.41) is 0. The Kier molecular flexibility index (Phi) is 4.90. The summed E-state index contributed by atoms with van der Waals surface area (Å²) in [4.78, 5) is 27.9. The van der Waals surface area contributed by atoms with Gasteiger partial charge < -0.3 is 9.47 Å². The molecule has 28 heavy (non-hydrogen) atoms. The lowest BCUT2D eigenvalue weighted by molar-refractivity contribution is -0.119. The number of benzene rings is 2. The van der Waals surface area contributed by atoms with Crippen LogP contribution in [0, 0.1) is 0 Å². The maximum atomic E-state index is 13.2. The Hall–Kier alpha value is -3.08. The molecule has 0 spiro atoms. The highest BCUT2D eigenvalue weighted by Crippen LogP contribution is 2.46. The van der Waals surface area contributed by atoms with Crippen molar-refractivity contribution in [3.63, 3.8) is 0 Å². The number of rotatable bonds is 4. The zero-order valence-electron chi connectivity index (χ0n) is 16.1. The van der Waals surface area contributed by atoms with Gasteiger partial charge in [0, 0.05) is 41.3 Å². The fraction of sp³-hybridized carbons (Fsp3) is 0.304. The number of amides is 1. The van der Waals surface area contributed by atoms with Gasteiger partial charge in [-0.3, -0.25) is 14.5 Å². The Morgan fingerprint density at radius 3 is 2.46 bits per heavy atom. The maximum absolute atomic E-state index is 13.2. The maximum Gasteiger partial charge on any atom is 0.232 e. The van der Waals surface area contributed by atoms with E-state index in [2.05, 4.69) is 0 Å². The van der Waals surface area contributed by atoms with E-state index in [9.17, 15) is 9.59 Å². The molecule has 2 aliphatic rings. The minimum absolute atomic E-state index is 0.00507. The van der Waals surface area contributed by atoms with E-state index in [0.717, 1.165) is 28.9 Å². The number of carbonyl (C=O) groups excluding carboxylic acids is 2. The van der Waals surface area contributed by atoms with Gasteiger partial charge in [0.05, 0.1) is 14.2 Å². The van der Waals surface area contributed by atoms with Gasteiger partial charge in [-0.1, -0.05) is 18.2 Å². The third-order valence-corrected chi connectivity index (χ3v) is 5.50. The summed E-state index contributed by atoms with van der Waals surface area (Å²) in [5.74, 6) is 1.13. The Labute approximate surface area is 164 Å². The van der Waals surface area contributed by atoms with Crippen LogP contribution in [0.5, 0.6) is 11.5 Å². The predicted octanol–water partition coefficient (Wildman–Crippen LogP) is 4.23. The molecule has 5 heteroatoms. The summed E-state index contributed by atoms with van der Waals surface area (Å²) in [7, 11) is 3.20. The highest BCUT2D eigenvalue weighted by Gasteiger charge is 2.40. The van der Waals surface area contributed by atoms with Crippen molar-refractivity contribution in [2.75, 3.05) is 19.1 Å². The van der Waals surface area contributed by atoms with Gasteiger partial charge in [-0.15, -0.1) is 0 Å². The van der Waals surface area contributed by atoms with Crippen LogP contribution in [-0.2, 0) is 9.59 Å². The lowest BCUT2D eigenvalue weighted by Gasteiger charge is -2.38. The second-order valence-electron chi connectivity index (χ2n) is 7.07. The zero-order valence-corrected chi connectivity index (χ0v) is 16.1. The average molecular weight is 377 g/mol. The highest BCUT2D eigenvalue weighted by atomic mass is 16.5. The normalized spacial score (nSPS) is 19.5. The largest absolute Gasteiger partial charge is 0.497 e. The van der Waals surface area contributed by atoms with Gasteiger partial charge in [0.15, 0.2) is 5.78 Å². The molecule has 1 aliphatic heterocycles. The molecule has 0 saturated heterocycles. The van der Waals surface area contributed by atoms with Gasteiger partial charge in [-0.25, -0.2) is 0 Å². The molecule has 1 aliphatic carbocycles. The summed E-state index contributed by atoms with van der Waals surface area (Å²) in [5.41, 5.74) is 3.20. The highest BCUT2D eigenvalue weighted by molar-refractivity contribution is 6.07. The molecule has 0 aromatic heterocycles. The molecule has 1 heterocycles. The Balaban J connectivity index is 1.89. The van der Waals surface area contributed by atoms with Crippen LogP contribution in [0.25, 0.3) is 0 Å². The number of hydrogen-bond acceptors (Lipinski definition) is 4. The van der Waals surface area contributed by atoms with Crippen LogP contribution in [0.3, 0.4) is 0 Å². The van der Waals surface area contributed by atoms with E-state index in [4.69, 9.17) is 9.47 Å². The summed E-state index contributed by atoms with van der Waals surface area (Å²) in [6, 6.07) is 15.1.